The van der Waals surface area contributed by atoms with Crippen LogP contribution in [0.5, 0.6) is 0 Å². The molecule has 1 aromatic carbocycles. The highest BCUT2D eigenvalue weighted by Gasteiger charge is 2.14. The smallest absolute Gasteiger partial charge is 0.141 e. The fourth-order valence-electron chi connectivity index (χ4n) is 1.96. The first-order chi connectivity index (χ1) is 8.61. The first-order valence-corrected chi connectivity index (χ1v) is 6.07. The van der Waals surface area contributed by atoms with E-state index in [4.69, 9.17) is 11.6 Å². The molecule has 0 aliphatic carbocycles. The lowest BCUT2D eigenvalue weighted by atomic mass is 10.0. The summed E-state index contributed by atoms with van der Waals surface area (Å²) in [7, 11) is 3.84. The lowest BCUT2D eigenvalue weighted by Crippen LogP contribution is -2.21. The van der Waals surface area contributed by atoms with Crippen molar-refractivity contribution in [3.8, 4) is 0 Å². The summed E-state index contributed by atoms with van der Waals surface area (Å²) in [5.74, 6) is -0.387. The molecule has 0 spiro atoms. The molecule has 5 heteroatoms. The van der Waals surface area contributed by atoms with Crippen molar-refractivity contribution in [3.63, 3.8) is 0 Å². The van der Waals surface area contributed by atoms with E-state index >= 15 is 0 Å². The van der Waals surface area contributed by atoms with E-state index in [1.54, 1.807) is 18.5 Å². The quantitative estimate of drug-likeness (QED) is 0.923. The zero-order chi connectivity index (χ0) is 13.1. The van der Waals surface area contributed by atoms with Gasteiger partial charge < -0.3 is 9.88 Å². The molecule has 1 N–H and O–H groups in total. The molecule has 0 aliphatic heterocycles. The van der Waals surface area contributed by atoms with Crippen LogP contribution in [0.2, 0.25) is 5.02 Å². The second kappa shape index (κ2) is 5.50. The summed E-state index contributed by atoms with van der Waals surface area (Å²) < 4.78 is 15.1. The average molecular weight is 268 g/mol. The number of hydrogen-bond acceptors (Lipinski definition) is 2. The van der Waals surface area contributed by atoms with Crippen molar-refractivity contribution in [2.45, 2.75) is 12.5 Å². The molecular weight excluding hydrogens is 253 g/mol. The van der Waals surface area contributed by atoms with Crippen molar-refractivity contribution in [1.29, 1.82) is 0 Å². The molecule has 0 aliphatic rings. The molecule has 96 valence electrons. The van der Waals surface area contributed by atoms with Crippen LogP contribution < -0.4 is 5.32 Å². The third-order valence-corrected chi connectivity index (χ3v) is 3.27. The number of halogens is 2. The monoisotopic (exact) mass is 267 g/mol. The minimum absolute atomic E-state index is 0.124. The lowest BCUT2D eigenvalue weighted by Gasteiger charge is -2.17. The molecule has 18 heavy (non-hydrogen) atoms. The molecule has 2 rings (SSSR count). The number of hydrogen-bond donors (Lipinski definition) is 1. The van der Waals surface area contributed by atoms with E-state index in [-0.39, 0.29) is 16.9 Å². The molecule has 0 saturated carbocycles. The van der Waals surface area contributed by atoms with Crippen molar-refractivity contribution >= 4 is 11.6 Å². The van der Waals surface area contributed by atoms with Gasteiger partial charge >= 0.3 is 0 Å². The minimum atomic E-state index is -0.387. The van der Waals surface area contributed by atoms with Crippen molar-refractivity contribution in [3.05, 3.63) is 52.8 Å². The topological polar surface area (TPSA) is 29.9 Å². The number of nitrogens with one attached hydrogen (secondary N) is 1. The molecule has 0 radical (unpaired) electrons. The third kappa shape index (κ3) is 2.71. The van der Waals surface area contributed by atoms with Gasteiger partial charge in [0, 0.05) is 13.2 Å². The number of nitrogens with zero attached hydrogens (tertiary/aromatic N) is 2. The SMILES string of the molecule is CNC(Cc1ccc(F)c(Cl)c1)c1cncn1C. The maximum Gasteiger partial charge on any atom is 0.141 e. The zero-order valence-corrected chi connectivity index (χ0v) is 11.1. The van der Waals surface area contributed by atoms with Gasteiger partial charge in [-0.1, -0.05) is 17.7 Å². The predicted octanol–water partition coefficient (Wildman–Crippen LogP) is 2.72. The van der Waals surface area contributed by atoms with Crippen molar-refractivity contribution in [2.24, 2.45) is 7.05 Å². The van der Waals surface area contributed by atoms with Crippen LogP contribution in [0.3, 0.4) is 0 Å². The normalized spacial score (nSPS) is 12.7. The molecule has 0 saturated heterocycles. The van der Waals surface area contributed by atoms with Gasteiger partial charge in [-0.15, -0.1) is 0 Å². The summed E-state index contributed by atoms with van der Waals surface area (Å²) in [6, 6.07) is 4.94. The van der Waals surface area contributed by atoms with Crippen LogP contribution in [0.15, 0.2) is 30.7 Å². The summed E-state index contributed by atoms with van der Waals surface area (Å²) in [5, 5.41) is 3.39. The van der Waals surface area contributed by atoms with E-state index in [9.17, 15) is 4.39 Å². The molecule has 1 aromatic heterocycles. The predicted molar refractivity (Wildman–Crippen MR) is 70.1 cm³/mol. The highest BCUT2D eigenvalue weighted by atomic mass is 35.5. The molecular formula is C13H15ClFN3. The van der Waals surface area contributed by atoms with Crippen molar-refractivity contribution in [1.82, 2.24) is 14.9 Å². The number of aromatic nitrogens is 2. The minimum Gasteiger partial charge on any atom is -0.336 e. The fraction of sp³-hybridized carbons (Fsp3) is 0.308. The van der Waals surface area contributed by atoms with Crippen LogP contribution in [-0.4, -0.2) is 16.6 Å². The Hall–Kier alpha value is -1.39. The van der Waals surface area contributed by atoms with Gasteiger partial charge in [0.15, 0.2) is 0 Å². The molecule has 0 amide bonds. The number of rotatable bonds is 4. The summed E-state index contributed by atoms with van der Waals surface area (Å²) in [5.41, 5.74) is 2.07. The molecule has 1 unspecified atom stereocenters. The molecule has 1 heterocycles. The summed E-state index contributed by atoms with van der Waals surface area (Å²) >= 11 is 5.78. The number of likely N-dealkylation sites (N-methyl/N-ethyl adjacent to an activating group) is 1. The first kappa shape index (κ1) is 13.1. The van der Waals surface area contributed by atoms with E-state index < -0.39 is 0 Å². The third-order valence-electron chi connectivity index (χ3n) is 2.98. The lowest BCUT2D eigenvalue weighted by molar-refractivity contribution is 0.554. The van der Waals surface area contributed by atoms with Gasteiger partial charge in [0.05, 0.1) is 23.1 Å². The van der Waals surface area contributed by atoms with Crippen LogP contribution in [0.25, 0.3) is 0 Å². The second-order valence-corrected chi connectivity index (χ2v) is 4.63. The van der Waals surface area contributed by atoms with Crippen molar-refractivity contribution in [2.75, 3.05) is 7.05 Å². The van der Waals surface area contributed by atoms with E-state index in [1.165, 1.54) is 6.07 Å². The highest BCUT2D eigenvalue weighted by Crippen LogP contribution is 2.21. The van der Waals surface area contributed by atoms with E-state index in [1.807, 2.05) is 24.9 Å². The largest absolute Gasteiger partial charge is 0.336 e. The Morgan fingerprint density at radius 3 is 2.83 bits per heavy atom. The Balaban J connectivity index is 2.20. The number of imidazole rings is 1. The number of benzene rings is 1. The molecule has 2 aromatic rings. The van der Waals surface area contributed by atoms with Crippen LogP contribution in [0.1, 0.15) is 17.3 Å². The van der Waals surface area contributed by atoms with Gasteiger partial charge in [-0.2, -0.15) is 0 Å². The van der Waals surface area contributed by atoms with E-state index in [0.717, 1.165) is 17.7 Å². The van der Waals surface area contributed by atoms with Gasteiger partial charge in [0.2, 0.25) is 0 Å². The number of aryl methyl sites for hydroxylation is 1. The van der Waals surface area contributed by atoms with Gasteiger partial charge in [-0.3, -0.25) is 0 Å². The Morgan fingerprint density at radius 2 is 2.28 bits per heavy atom. The summed E-state index contributed by atoms with van der Waals surface area (Å²) in [6.07, 6.45) is 4.32. The Labute approximate surface area is 111 Å². The zero-order valence-electron chi connectivity index (χ0n) is 10.3. The molecule has 1 atom stereocenters. The van der Waals surface area contributed by atoms with Crippen LogP contribution in [-0.2, 0) is 13.5 Å². The average Bonchev–Trinajstić information content (AvgIpc) is 2.77. The summed E-state index contributed by atoms with van der Waals surface area (Å²) in [6.45, 7) is 0. The standard InChI is InChI=1S/C13H15ClFN3/c1-16-12(13-7-17-8-18(13)2)6-9-3-4-11(15)10(14)5-9/h3-5,7-8,12,16H,6H2,1-2H3. The highest BCUT2D eigenvalue weighted by molar-refractivity contribution is 6.30. The maximum absolute atomic E-state index is 13.1. The molecule has 0 bridgehead atoms. The first-order valence-electron chi connectivity index (χ1n) is 5.69. The van der Waals surface area contributed by atoms with Gasteiger partial charge in [0.1, 0.15) is 5.82 Å². The van der Waals surface area contributed by atoms with E-state index in [0.29, 0.717) is 0 Å². The second-order valence-electron chi connectivity index (χ2n) is 4.22. The molecule has 0 fully saturated rings. The maximum atomic E-state index is 13.1. The van der Waals surface area contributed by atoms with Crippen LogP contribution in [0.4, 0.5) is 4.39 Å². The van der Waals surface area contributed by atoms with Gasteiger partial charge in [-0.05, 0) is 31.2 Å². The van der Waals surface area contributed by atoms with Crippen LogP contribution >= 0.6 is 11.6 Å². The Bertz CT molecular complexity index is 539. The fourth-order valence-corrected chi connectivity index (χ4v) is 2.16. The van der Waals surface area contributed by atoms with Gasteiger partial charge in [0.25, 0.3) is 0 Å². The molecule has 3 nitrogen and oxygen atoms in total. The Kier molecular flexibility index (Phi) is 3.99. The van der Waals surface area contributed by atoms with Crippen molar-refractivity contribution < 1.29 is 4.39 Å². The van der Waals surface area contributed by atoms with E-state index in [2.05, 4.69) is 10.3 Å². The van der Waals surface area contributed by atoms with Crippen LogP contribution in [0, 0.1) is 5.82 Å². The van der Waals surface area contributed by atoms with Gasteiger partial charge in [-0.25, -0.2) is 9.37 Å². The summed E-state index contributed by atoms with van der Waals surface area (Å²) in [4.78, 5) is 4.10. The Morgan fingerprint density at radius 1 is 1.50 bits per heavy atom.